The molecule has 1 amide bonds. The van der Waals surface area contributed by atoms with Crippen LogP contribution < -0.4 is 5.32 Å². The molecule has 1 saturated heterocycles. The van der Waals surface area contributed by atoms with Gasteiger partial charge in [0, 0.05) is 20.1 Å². The second-order valence-corrected chi connectivity index (χ2v) is 7.49. The summed E-state index contributed by atoms with van der Waals surface area (Å²) in [4.78, 5) is 13.3. The maximum atomic E-state index is 11.3. The molecule has 28 heavy (non-hydrogen) atoms. The van der Waals surface area contributed by atoms with Crippen molar-refractivity contribution in [3.05, 3.63) is 35.9 Å². The Bertz CT molecular complexity index is 571. The van der Waals surface area contributed by atoms with Gasteiger partial charge in [0.25, 0.3) is 0 Å². The first-order valence-corrected chi connectivity index (χ1v) is 10.1. The maximum Gasteiger partial charge on any atom is 0.217 e. The van der Waals surface area contributed by atoms with Crippen LogP contribution in [0.3, 0.4) is 0 Å². The molecule has 158 valence electrons. The zero-order chi connectivity index (χ0) is 20.4. The third-order valence-electron chi connectivity index (χ3n) is 5.23. The monoisotopic (exact) mass is 394 g/mol. The van der Waals surface area contributed by atoms with Crippen LogP contribution in [0.4, 0.5) is 0 Å². The minimum absolute atomic E-state index is 0.224. The largest absolute Gasteiger partial charge is 0.395 e. The molecule has 0 unspecified atom stereocenters. The molecule has 1 aromatic rings. The third-order valence-corrected chi connectivity index (χ3v) is 5.23. The van der Waals surface area contributed by atoms with Crippen molar-refractivity contribution in [1.82, 2.24) is 10.2 Å². The van der Waals surface area contributed by atoms with Gasteiger partial charge in [-0.15, -0.1) is 0 Å². The van der Waals surface area contributed by atoms with Crippen molar-refractivity contribution in [2.24, 2.45) is 0 Å². The number of unbranched alkanes of at least 4 members (excludes halogenated alkanes) is 3. The molecule has 0 radical (unpaired) electrons. The summed E-state index contributed by atoms with van der Waals surface area (Å²) in [5.41, 5.74) is 1.18. The van der Waals surface area contributed by atoms with Gasteiger partial charge in [0.05, 0.1) is 31.4 Å². The predicted octanol–water partition coefficient (Wildman–Crippen LogP) is 0.667. The maximum absolute atomic E-state index is 11.3. The summed E-state index contributed by atoms with van der Waals surface area (Å²) in [6, 6.07) is 9.07. The zero-order valence-corrected chi connectivity index (χ0v) is 16.7. The molecule has 4 atom stereocenters. The van der Waals surface area contributed by atoms with E-state index in [-0.39, 0.29) is 12.5 Å². The van der Waals surface area contributed by atoms with Crippen LogP contribution in [0.5, 0.6) is 0 Å². The number of amides is 1. The van der Waals surface area contributed by atoms with E-state index in [0.29, 0.717) is 19.7 Å². The highest BCUT2D eigenvalue weighted by atomic mass is 16.5. The molecule has 0 aliphatic carbocycles. The summed E-state index contributed by atoms with van der Waals surface area (Å²) in [5, 5.41) is 32.7. The minimum atomic E-state index is -1.08. The molecule has 0 spiro atoms. The number of aliphatic hydroxyl groups excluding tert-OH is 3. The van der Waals surface area contributed by atoms with Crippen molar-refractivity contribution < 1.29 is 24.9 Å². The normalized spacial score (nSPS) is 25.6. The van der Waals surface area contributed by atoms with E-state index < -0.39 is 24.3 Å². The highest BCUT2D eigenvalue weighted by Crippen LogP contribution is 2.20. The van der Waals surface area contributed by atoms with Crippen molar-refractivity contribution >= 4 is 5.91 Å². The second-order valence-electron chi connectivity index (χ2n) is 7.49. The lowest BCUT2D eigenvalue weighted by molar-refractivity contribution is -0.128. The molecule has 1 fully saturated rings. The van der Waals surface area contributed by atoms with E-state index in [0.717, 1.165) is 32.3 Å². The molecule has 0 saturated carbocycles. The van der Waals surface area contributed by atoms with Crippen molar-refractivity contribution in [2.45, 2.75) is 63.5 Å². The van der Waals surface area contributed by atoms with Gasteiger partial charge in [0.2, 0.25) is 5.91 Å². The van der Waals surface area contributed by atoms with Crippen molar-refractivity contribution in [3.8, 4) is 0 Å². The summed E-state index contributed by atoms with van der Waals surface area (Å²) in [6.07, 6.45) is 1.83. The molecule has 0 aromatic heterocycles. The predicted molar refractivity (Wildman–Crippen MR) is 107 cm³/mol. The molecule has 1 aromatic carbocycles. The molecule has 0 bridgehead atoms. The molecule has 1 heterocycles. The molecule has 4 N–H and O–H groups in total. The van der Waals surface area contributed by atoms with E-state index in [4.69, 9.17) is 4.74 Å². The lowest BCUT2D eigenvalue weighted by atomic mass is 9.92. The van der Waals surface area contributed by atoms with E-state index in [9.17, 15) is 20.1 Å². The fourth-order valence-corrected chi connectivity index (χ4v) is 3.69. The van der Waals surface area contributed by atoms with Crippen LogP contribution in [0.25, 0.3) is 0 Å². The number of rotatable bonds is 11. The average Bonchev–Trinajstić information content (AvgIpc) is 2.68. The van der Waals surface area contributed by atoms with Crippen LogP contribution in [-0.2, 0) is 16.1 Å². The van der Waals surface area contributed by atoms with Crippen molar-refractivity contribution in [1.29, 1.82) is 0 Å². The fraction of sp³-hybridized carbons (Fsp3) is 0.667. The van der Waals surface area contributed by atoms with E-state index in [2.05, 4.69) is 17.4 Å². The Morgan fingerprint density at radius 1 is 1.14 bits per heavy atom. The Hall–Kier alpha value is -1.51. The SMILES string of the molecule is CC(=O)N[C@H]1CN(CCCCCCOCc2ccccc2)[C@H](CO)[C@H](O)[C@@H]1O. The summed E-state index contributed by atoms with van der Waals surface area (Å²) in [5.74, 6) is -0.242. The van der Waals surface area contributed by atoms with Gasteiger partial charge in [-0.05, 0) is 24.9 Å². The smallest absolute Gasteiger partial charge is 0.217 e. The summed E-state index contributed by atoms with van der Waals surface area (Å²) in [6.45, 7) is 3.66. The standard InChI is InChI=1S/C21H34N2O5/c1-16(25)22-18-13-23(19(14-24)21(27)20(18)26)11-7-2-3-8-12-28-15-17-9-5-4-6-10-17/h4-6,9-10,18-21,24,26-27H,2-3,7-8,11-15H2,1H3,(H,22,25)/t18-,19+,20+,21-/m0/s1. The van der Waals surface area contributed by atoms with E-state index in [1.54, 1.807) is 0 Å². The molecular weight excluding hydrogens is 360 g/mol. The number of nitrogens with one attached hydrogen (secondary N) is 1. The van der Waals surface area contributed by atoms with Crippen LogP contribution in [0.2, 0.25) is 0 Å². The molecule has 1 aliphatic rings. The summed E-state index contributed by atoms with van der Waals surface area (Å²) >= 11 is 0. The quantitative estimate of drug-likeness (QED) is 0.412. The first-order chi connectivity index (χ1) is 13.5. The molecule has 7 nitrogen and oxygen atoms in total. The van der Waals surface area contributed by atoms with Crippen molar-refractivity contribution in [2.75, 3.05) is 26.3 Å². The minimum Gasteiger partial charge on any atom is -0.395 e. The van der Waals surface area contributed by atoms with Gasteiger partial charge < -0.3 is 25.4 Å². The number of carbonyl (C=O) groups excluding carboxylic acids is 1. The van der Waals surface area contributed by atoms with Crippen LogP contribution >= 0.6 is 0 Å². The Labute approximate surface area is 167 Å². The number of nitrogens with zero attached hydrogens (tertiary/aromatic N) is 1. The first kappa shape index (κ1) is 22.8. The molecule has 2 rings (SSSR count). The van der Waals surface area contributed by atoms with Gasteiger partial charge in [-0.2, -0.15) is 0 Å². The van der Waals surface area contributed by atoms with E-state index in [1.165, 1.54) is 12.5 Å². The first-order valence-electron chi connectivity index (χ1n) is 10.1. The lowest BCUT2D eigenvalue weighted by Crippen LogP contribution is -2.66. The van der Waals surface area contributed by atoms with Crippen LogP contribution in [0.1, 0.15) is 38.2 Å². The highest BCUT2D eigenvalue weighted by Gasteiger charge is 2.41. The number of aliphatic hydroxyl groups is 3. The second kappa shape index (κ2) is 12.1. The van der Waals surface area contributed by atoms with Gasteiger partial charge >= 0.3 is 0 Å². The van der Waals surface area contributed by atoms with Crippen LogP contribution in [0, 0.1) is 0 Å². The number of carbonyl (C=O) groups is 1. The van der Waals surface area contributed by atoms with Gasteiger partial charge in [-0.3, -0.25) is 9.69 Å². The number of piperidine rings is 1. The van der Waals surface area contributed by atoms with Gasteiger partial charge in [0.1, 0.15) is 6.10 Å². The van der Waals surface area contributed by atoms with E-state index in [1.807, 2.05) is 23.1 Å². The van der Waals surface area contributed by atoms with Crippen LogP contribution in [-0.4, -0.2) is 76.7 Å². The third kappa shape index (κ3) is 7.14. The molecule has 1 aliphatic heterocycles. The Kier molecular flexibility index (Phi) is 9.87. The van der Waals surface area contributed by atoms with Crippen molar-refractivity contribution in [3.63, 3.8) is 0 Å². The van der Waals surface area contributed by atoms with Crippen LogP contribution in [0.15, 0.2) is 30.3 Å². The lowest BCUT2D eigenvalue weighted by Gasteiger charge is -2.45. The molecular formula is C21H34N2O5. The number of likely N-dealkylation sites (tertiary alicyclic amines) is 1. The fourth-order valence-electron chi connectivity index (χ4n) is 3.69. The Balaban J connectivity index is 1.63. The topological polar surface area (TPSA) is 102 Å². The zero-order valence-electron chi connectivity index (χ0n) is 16.7. The van der Waals surface area contributed by atoms with Gasteiger partial charge in [-0.25, -0.2) is 0 Å². The summed E-state index contributed by atoms with van der Waals surface area (Å²) < 4.78 is 5.68. The Morgan fingerprint density at radius 2 is 1.86 bits per heavy atom. The Morgan fingerprint density at radius 3 is 2.54 bits per heavy atom. The molecule has 7 heteroatoms. The van der Waals surface area contributed by atoms with Gasteiger partial charge in [0.15, 0.2) is 0 Å². The van der Waals surface area contributed by atoms with E-state index >= 15 is 0 Å². The number of hydrogen-bond acceptors (Lipinski definition) is 6. The number of hydrogen-bond donors (Lipinski definition) is 4. The number of ether oxygens (including phenoxy) is 1. The van der Waals surface area contributed by atoms with Gasteiger partial charge in [-0.1, -0.05) is 43.2 Å². The highest BCUT2D eigenvalue weighted by molar-refractivity contribution is 5.73. The summed E-state index contributed by atoms with van der Waals surface area (Å²) in [7, 11) is 0. The average molecular weight is 395 g/mol. The number of benzene rings is 1.